The Hall–Kier alpha value is -3.61. The average Bonchev–Trinajstić information content (AvgIpc) is 3.24. The van der Waals surface area contributed by atoms with Gasteiger partial charge in [0.05, 0.1) is 5.25 Å². The molecule has 1 saturated heterocycles. The number of urea groups is 1. The number of anilines is 1. The van der Waals surface area contributed by atoms with E-state index in [1.807, 2.05) is 25.3 Å². The van der Waals surface area contributed by atoms with Gasteiger partial charge in [0, 0.05) is 31.7 Å². The summed E-state index contributed by atoms with van der Waals surface area (Å²) in [4.78, 5) is 76.1. The number of amides is 7. The molecule has 12 nitrogen and oxygen atoms in total. The third kappa shape index (κ3) is 11.5. The van der Waals surface area contributed by atoms with Gasteiger partial charge in [-0.1, -0.05) is 32.9 Å². The van der Waals surface area contributed by atoms with Crippen LogP contribution >= 0.6 is 11.8 Å². The summed E-state index contributed by atoms with van der Waals surface area (Å²) in [6, 6.07) is 5.77. The predicted octanol–water partition coefficient (Wildman–Crippen LogP) is 2.17. The van der Waals surface area contributed by atoms with E-state index in [9.17, 15) is 28.8 Å². The normalized spacial score (nSPS) is 16.1. The number of nitrogens with two attached hydrogens (primary N) is 1. The molecule has 238 valence electrons. The average molecular weight is 619 g/mol. The first-order valence-electron chi connectivity index (χ1n) is 14.9. The number of hydrogen-bond acceptors (Lipinski definition) is 7. The Balaban J connectivity index is 1.91. The van der Waals surface area contributed by atoms with Crippen LogP contribution in [0.3, 0.4) is 0 Å². The van der Waals surface area contributed by atoms with Crippen molar-refractivity contribution in [3.05, 3.63) is 29.8 Å². The van der Waals surface area contributed by atoms with Crippen LogP contribution in [0.25, 0.3) is 0 Å². The quantitative estimate of drug-likeness (QED) is 0.0950. The van der Waals surface area contributed by atoms with Crippen LogP contribution in [0.2, 0.25) is 0 Å². The molecule has 2 rings (SSSR count). The second-order valence-corrected chi connectivity index (χ2v) is 12.0. The van der Waals surface area contributed by atoms with E-state index in [-0.39, 0.29) is 42.4 Å². The Labute approximate surface area is 258 Å². The van der Waals surface area contributed by atoms with Gasteiger partial charge >= 0.3 is 6.03 Å². The number of rotatable bonds is 18. The van der Waals surface area contributed by atoms with Gasteiger partial charge in [0.2, 0.25) is 29.5 Å². The van der Waals surface area contributed by atoms with Gasteiger partial charge in [-0.05, 0) is 68.4 Å². The van der Waals surface area contributed by atoms with Crippen LogP contribution in [0, 0.1) is 11.8 Å². The molecule has 6 N–H and O–H groups in total. The Morgan fingerprint density at radius 2 is 1.63 bits per heavy atom. The van der Waals surface area contributed by atoms with Crippen LogP contribution in [-0.4, -0.2) is 77.6 Å². The lowest BCUT2D eigenvalue weighted by Gasteiger charge is -2.24. The first kappa shape index (κ1) is 35.6. The molecule has 1 aliphatic rings. The lowest BCUT2D eigenvalue weighted by Crippen LogP contribution is -2.51. The SMILES string of the molecule is CCc1ccc(NC(=O)C(CCCNC(N)=O)NC(=O)C(C(=O)NCCCCCN2C(=O)CC(SC)C2=O)C(C)C)cc1. The van der Waals surface area contributed by atoms with E-state index in [1.165, 1.54) is 16.7 Å². The molecule has 43 heavy (non-hydrogen) atoms. The molecule has 0 aromatic heterocycles. The number of nitrogens with one attached hydrogen (secondary N) is 4. The summed E-state index contributed by atoms with van der Waals surface area (Å²) < 4.78 is 0. The van der Waals surface area contributed by atoms with Gasteiger partial charge in [-0.3, -0.25) is 28.9 Å². The molecule has 0 radical (unpaired) electrons. The second kappa shape index (κ2) is 18.1. The number of benzene rings is 1. The molecule has 1 heterocycles. The van der Waals surface area contributed by atoms with Crippen molar-refractivity contribution in [2.24, 2.45) is 17.6 Å². The number of carbonyl (C=O) groups excluding carboxylic acids is 6. The lowest BCUT2D eigenvalue weighted by molar-refractivity contribution is -0.139. The highest BCUT2D eigenvalue weighted by Crippen LogP contribution is 2.23. The summed E-state index contributed by atoms with van der Waals surface area (Å²) in [7, 11) is 0. The Kier molecular flexibility index (Phi) is 15.0. The summed E-state index contributed by atoms with van der Waals surface area (Å²) >= 11 is 1.38. The minimum Gasteiger partial charge on any atom is -0.355 e. The first-order valence-corrected chi connectivity index (χ1v) is 16.1. The number of aryl methyl sites for hydroxylation is 1. The van der Waals surface area contributed by atoms with Gasteiger partial charge in [-0.2, -0.15) is 11.8 Å². The van der Waals surface area contributed by atoms with Crippen molar-refractivity contribution >= 4 is 53.0 Å². The Morgan fingerprint density at radius 1 is 0.953 bits per heavy atom. The molecule has 0 aliphatic carbocycles. The van der Waals surface area contributed by atoms with E-state index in [2.05, 4.69) is 21.3 Å². The molecule has 1 aromatic carbocycles. The number of imide groups is 1. The molecule has 1 aliphatic heterocycles. The maximum Gasteiger partial charge on any atom is 0.312 e. The fourth-order valence-electron chi connectivity index (χ4n) is 4.79. The van der Waals surface area contributed by atoms with Crippen molar-refractivity contribution in [2.45, 2.75) is 77.0 Å². The van der Waals surface area contributed by atoms with Crippen LogP contribution in [0.1, 0.15) is 64.9 Å². The highest BCUT2D eigenvalue weighted by Gasteiger charge is 2.37. The van der Waals surface area contributed by atoms with Crippen molar-refractivity contribution in [1.29, 1.82) is 0 Å². The fraction of sp³-hybridized carbons (Fsp3) is 0.600. The van der Waals surface area contributed by atoms with Gasteiger partial charge in [0.25, 0.3) is 0 Å². The fourth-order valence-corrected chi connectivity index (χ4v) is 5.43. The molecule has 0 bridgehead atoms. The number of likely N-dealkylation sites (tertiary alicyclic amines) is 1. The third-order valence-electron chi connectivity index (χ3n) is 7.31. The van der Waals surface area contributed by atoms with Crippen molar-refractivity contribution in [1.82, 2.24) is 20.9 Å². The summed E-state index contributed by atoms with van der Waals surface area (Å²) in [5.41, 5.74) is 6.82. The number of carbonyl (C=O) groups is 6. The molecule has 1 fully saturated rings. The minimum absolute atomic E-state index is 0.137. The van der Waals surface area contributed by atoms with Crippen LogP contribution in [0.15, 0.2) is 24.3 Å². The molecule has 3 unspecified atom stereocenters. The maximum atomic E-state index is 13.3. The number of thioether (sulfide) groups is 1. The molecule has 1 aromatic rings. The van der Waals surface area contributed by atoms with Crippen molar-refractivity contribution in [3.8, 4) is 0 Å². The molecule has 0 spiro atoms. The summed E-state index contributed by atoms with van der Waals surface area (Å²) in [5.74, 6) is -3.07. The van der Waals surface area contributed by atoms with E-state index < -0.39 is 35.7 Å². The second-order valence-electron chi connectivity index (χ2n) is 10.9. The highest BCUT2D eigenvalue weighted by atomic mass is 32.2. The van der Waals surface area contributed by atoms with E-state index in [4.69, 9.17) is 5.73 Å². The number of nitrogens with zero attached hydrogens (tertiary/aromatic N) is 1. The number of hydrogen-bond donors (Lipinski definition) is 5. The molecule has 0 saturated carbocycles. The molecular formula is C30H46N6O6S. The van der Waals surface area contributed by atoms with Crippen molar-refractivity contribution in [3.63, 3.8) is 0 Å². The van der Waals surface area contributed by atoms with E-state index >= 15 is 0 Å². The lowest BCUT2D eigenvalue weighted by atomic mass is 9.93. The minimum atomic E-state index is -1.02. The first-order chi connectivity index (χ1) is 20.5. The smallest absolute Gasteiger partial charge is 0.312 e. The van der Waals surface area contributed by atoms with Crippen LogP contribution in [-0.2, 0) is 30.4 Å². The van der Waals surface area contributed by atoms with Gasteiger partial charge in [-0.15, -0.1) is 0 Å². The van der Waals surface area contributed by atoms with Gasteiger partial charge in [-0.25, -0.2) is 4.79 Å². The van der Waals surface area contributed by atoms with E-state index in [1.54, 1.807) is 26.0 Å². The largest absolute Gasteiger partial charge is 0.355 e. The van der Waals surface area contributed by atoms with Crippen molar-refractivity contribution < 1.29 is 28.8 Å². The van der Waals surface area contributed by atoms with Crippen LogP contribution in [0.5, 0.6) is 0 Å². The Morgan fingerprint density at radius 3 is 2.21 bits per heavy atom. The van der Waals surface area contributed by atoms with Gasteiger partial charge in [0.15, 0.2) is 0 Å². The third-order valence-corrected chi connectivity index (χ3v) is 8.25. The van der Waals surface area contributed by atoms with Crippen molar-refractivity contribution in [2.75, 3.05) is 31.2 Å². The maximum absolute atomic E-state index is 13.3. The number of unbranched alkanes of at least 4 members (excludes halogenated alkanes) is 2. The Bertz CT molecular complexity index is 1130. The molecule has 7 amide bonds. The summed E-state index contributed by atoms with van der Waals surface area (Å²) in [6.07, 6.45) is 5.46. The zero-order valence-corrected chi connectivity index (χ0v) is 26.4. The van der Waals surface area contributed by atoms with E-state index in [0.29, 0.717) is 44.5 Å². The molecule has 3 atom stereocenters. The van der Waals surface area contributed by atoms with Crippen LogP contribution in [0.4, 0.5) is 10.5 Å². The monoisotopic (exact) mass is 618 g/mol. The van der Waals surface area contributed by atoms with Crippen LogP contribution < -0.4 is 27.0 Å². The zero-order valence-electron chi connectivity index (χ0n) is 25.6. The van der Waals surface area contributed by atoms with Gasteiger partial charge < -0.3 is 27.0 Å². The number of primary amides is 1. The van der Waals surface area contributed by atoms with E-state index in [0.717, 1.165) is 12.0 Å². The summed E-state index contributed by atoms with van der Waals surface area (Å²) in [5, 5.41) is 10.5. The zero-order chi connectivity index (χ0) is 31.9. The summed E-state index contributed by atoms with van der Waals surface area (Å²) in [6.45, 7) is 6.48. The standard InChI is InChI=1S/C30H46N6O6S/c1-5-20-11-13-21(14-12-20)34-26(38)22(10-9-16-33-30(31)42)35-28(40)25(19(2)3)27(39)32-15-7-6-8-17-36-24(37)18-23(43-4)29(36)41/h11-14,19,22-23,25H,5-10,15-18H2,1-4H3,(H,32,39)(H,34,38)(H,35,40)(H3,31,33,42). The topological polar surface area (TPSA) is 180 Å². The predicted molar refractivity (Wildman–Crippen MR) is 167 cm³/mol. The molecular weight excluding hydrogens is 572 g/mol. The van der Waals surface area contributed by atoms with Gasteiger partial charge in [0.1, 0.15) is 12.0 Å². The highest BCUT2D eigenvalue weighted by molar-refractivity contribution is 8.00. The molecule has 13 heteroatoms.